The molecule has 0 aromatic heterocycles. The van der Waals surface area contributed by atoms with Crippen molar-refractivity contribution in [1.82, 2.24) is 5.32 Å². The van der Waals surface area contributed by atoms with Crippen LogP contribution in [0.25, 0.3) is 0 Å². The monoisotopic (exact) mass is 289 g/mol. The van der Waals surface area contributed by atoms with Crippen LogP contribution in [-0.2, 0) is 4.74 Å². The van der Waals surface area contributed by atoms with E-state index in [1.807, 2.05) is 37.4 Å². The first-order valence-electron chi connectivity index (χ1n) is 6.79. The lowest BCUT2D eigenvalue weighted by molar-refractivity contribution is 0.0692. The van der Waals surface area contributed by atoms with Crippen LogP contribution in [0.2, 0.25) is 0 Å². The van der Waals surface area contributed by atoms with Gasteiger partial charge in [0.2, 0.25) is 0 Å². The van der Waals surface area contributed by atoms with Gasteiger partial charge >= 0.3 is 0 Å². The van der Waals surface area contributed by atoms with Gasteiger partial charge in [-0.2, -0.15) is 0 Å². The highest BCUT2D eigenvalue weighted by atomic mass is 19.1. The molecule has 0 saturated carbocycles. The first-order chi connectivity index (χ1) is 10.2. The third-order valence-electron chi connectivity index (χ3n) is 3.52. The SMILES string of the molecule is CNC(c1cc(F)ccc1OC)C(OC)c1ccccc1. The summed E-state index contributed by atoms with van der Waals surface area (Å²) in [6.45, 7) is 0. The third kappa shape index (κ3) is 3.40. The summed E-state index contributed by atoms with van der Waals surface area (Å²) >= 11 is 0. The molecule has 0 bridgehead atoms. The van der Waals surface area contributed by atoms with Crippen molar-refractivity contribution in [3.05, 3.63) is 65.5 Å². The molecule has 2 rings (SSSR count). The quantitative estimate of drug-likeness (QED) is 0.883. The van der Waals surface area contributed by atoms with Gasteiger partial charge in [-0.1, -0.05) is 30.3 Å². The molecule has 0 heterocycles. The van der Waals surface area contributed by atoms with Gasteiger partial charge in [0.05, 0.1) is 13.2 Å². The lowest BCUT2D eigenvalue weighted by Crippen LogP contribution is -2.25. The highest BCUT2D eigenvalue weighted by molar-refractivity contribution is 5.38. The van der Waals surface area contributed by atoms with E-state index in [1.165, 1.54) is 12.1 Å². The zero-order chi connectivity index (χ0) is 15.2. The standard InChI is InChI=1S/C17H20FNO2/c1-19-16(14-11-13(18)9-10-15(14)20-2)17(21-3)12-7-5-4-6-8-12/h4-11,16-17,19H,1-3H3. The fourth-order valence-electron chi connectivity index (χ4n) is 2.53. The molecular formula is C17H20FNO2. The van der Waals surface area contributed by atoms with Crippen molar-refractivity contribution in [2.75, 3.05) is 21.3 Å². The lowest BCUT2D eigenvalue weighted by Gasteiger charge is -2.27. The zero-order valence-corrected chi connectivity index (χ0v) is 12.5. The van der Waals surface area contributed by atoms with Crippen molar-refractivity contribution in [1.29, 1.82) is 0 Å². The molecule has 0 aliphatic carbocycles. The van der Waals surface area contributed by atoms with E-state index >= 15 is 0 Å². The number of nitrogens with one attached hydrogen (secondary N) is 1. The molecule has 112 valence electrons. The maximum atomic E-state index is 13.6. The van der Waals surface area contributed by atoms with Gasteiger partial charge in [0.1, 0.15) is 17.7 Å². The van der Waals surface area contributed by atoms with Gasteiger partial charge in [-0.15, -0.1) is 0 Å². The van der Waals surface area contributed by atoms with Crippen molar-refractivity contribution >= 4 is 0 Å². The minimum atomic E-state index is -0.297. The molecule has 3 nitrogen and oxygen atoms in total. The van der Waals surface area contributed by atoms with Gasteiger partial charge in [-0.25, -0.2) is 4.39 Å². The van der Waals surface area contributed by atoms with Crippen LogP contribution in [-0.4, -0.2) is 21.3 Å². The number of benzene rings is 2. The van der Waals surface area contributed by atoms with E-state index in [9.17, 15) is 4.39 Å². The second-order valence-electron chi connectivity index (χ2n) is 4.72. The molecule has 2 aromatic rings. The van der Waals surface area contributed by atoms with Gasteiger partial charge < -0.3 is 14.8 Å². The number of ether oxygens (including phenoxy) is 2. The van der Waals surface area contributed by atoms with Crippen molar-refractivity contribution < 1.29 is 13.9 Å². The topological polar surface area (TPSA) is 30.5 Å². The number of halogens is 1. The Balaban J connectivity index is 2.45. The van der Waals surface area contributed by atoms with E-state index in [-0.39, 0.29) is 18.0 Å². The largest absolute Gasteiger partial charge is 0.496 e. The van der Waals surface area contributed by atoms with Crippen LogP contribution < -0.4 is 10.1 Å². The van der Waals surface area contributed by atoms with Gasteiger partial charge in [-0.3, -0.25) is 0 Å². The van der Waals surface area contributed by atoms with E-state index in [0.717, 1.165) is 11.1 Å². The van der Waals surface area contributed by atoms with E-state index in [0.29, 0.717) is 5.75 Å². The molecule has 2 aromatic carbocycles. The Morgan fingerprint density at radius 3 is 2.33 bits per heavy atom. The average molecular weight is 289 g/mol. The Morgan fingerprint density at radius 1 is 1.05 bits per heavy atom. The minimum absolute atomic E-state index is 0.219. The molecule has 21 heavy (non-hydrogen) atoms. The predicted molar refractivity (Wildman–Crippen MR) is 80.9 cm³/mol. The fourth-order valence-corrected chi connectivity index (χ4v) is 2.53. The Hall–Kier alpha value is -1.91. The first-order valence-corrected chi connectivity index (χ1v) is 6.79. The molecule has 1 N–H and O–H groups in total. The Bertz CT molecular complexity index is 574. The summed E-state index contributed by atoms with van der Waals surface area (Å²) in [5.74, 6) is 0.336. The normalized spacial score (nSPS) is 13.7. The van der Waals surface area contributed by atoms with Crippen LogP contribution >= 0.6 is 0 Å². The first kappa shape index (κ1) is 15.5. The predicted octanol–water partition coefficient (Wildman–Crippen LogP) is 3.48. The second kappa shape index (κ2) is 7.20. The van der Waals surface area contributed by atoms with Gasteiger partial charge in [0.25, 0.3) is 0 Å². The number of hydrogen-bond acceptors (Lipinski definition) is 3. The molecule has 2 atom stereocenters. The number of hydrogen-bond donors (Lipinski definition) is 1. The highest BCUT2D eigenvalue weighted by Crippen LogP contribution is 2.36. The third-order valence-corrected chi connectivity index (χ3v) is 3.52. The summed E-state index contributed by atoms with van der Waals surface area (Å²) in [5, 5.41) is 3.20. The molecule has 0 fully saturated rings. The number of likely N-dealkylation sites (N-methyl/N-ethyl adjacent to an activating group) is 1. The average Bonchev–Trinajstić information content (AvgIpc) is 2.53. The molecule has 0 radical (unpaired) electrons. The summed E-state index contributed by atoms with van der Waals surface area (Å²) in [5.41, 5.74) is 1.75. The molecule has 0 aliphatic rings. The second-order valence-corrected chi connectivity index (χ2v) is 4.72. The summed E-state index contributed by atoms with van der Waals surface area (Å²) < 4.78 is 24.6. The summed E-state index contributed by atoms with van der Waals surface area (Å²) in [4.78, 5) is 0. The molecule has 2 unspecified atom stereocenters. The fraction of sp³-hybridized carbons (Fsp3) is 0.294. The minimum Gasteiger partial charge on any atom is -0.496 e. The van der Waals surface area contributed by atoms with Gasteiger partial charge in [0, 0.05) is 12.7 Å². The maximum Gasteiger partial charge on any atom is 0.123 e. The molecular weight excluding hydrogens is 269 g/mol. The molecule has 0 aliphatic heterocycles. The Morgan fingerprint density at radius 2 is 1.76 bits per heavy atom. The number of methoxy groups -OCH3 is 2. The molecule has 4 heteroatoms. The van der Waals surface area contributed by atoms with Crippen LogP contribution in [0.5, 0.6) is 5.75 Å². The van der Waals surface area contributed by atoms with Crippen LogP contribution in [0.4, 0.5) is 4.39 Å². The van der Waals surface area contributed by atoms with Crippen molar-refractivity contribution in [3.8, 4) is 5.75 Å². The lowest BCUT2D eigenvalue weighted by atomic mass is 9.95. The van der Waals surface area contributed by atoms with E-state index in [1.54, 1.807) is 20.3 Å². The van der Waals surface area contributed by atoms with E-state index in [4.69, 9.17) is 9.47 Å². The number of rotatable bonds is 6. The van der Waals surface area contributed by atoms with Crippen LogP contribution in [0.3, 0.4) is 0 Å². The summed E-state index contributed by atoms with van der Waals surface area (Å²) in [6, 6.07) is 14.1. The molecule has 0 amide bonds. The van der Waals surface area contributed by atoms with Crippen molar-refractivity contribution in [2.24, 2.45) is 0 Å². The Labute approximate surface area is 124 Å². The maximum absolute atomic E-state index is 13.6. The van der Waals surface area contributed by atoms with Crippen LogP contribution in [0, 0.1) is 5.82 Å². The Kier molecular flexibility index (Phi) is 5.31. The van der Waals surface area contributed by atoms with Crippen molar-refractivity contribution in [2.45, 2.75) is 12.1 Å². The van der Waals surface area contributed by atoms with E-state index in [2.05, 4.69) is 5.32 Å². The van der Waals surface area contributed by atoms with Gasteiger partial charge in [-0.05, 0) is 30.8 Å². The summed E-state index contributed by atoms with van der Waals surface area (Å²) in [6.07, 6.45) is -0.244. The zero-order valence-electron chi connectivity index (χ0n) is 12.5. The smallest absolute Gasteiger partial charge is 0.123 e. The van der Waals surface area contributed by atoms with Gasteiger partial charge in [0.15, 0.2) is 0 Å². The highest BCUT2D eigenvalue weighted by Gasteiger charge is 2.26. The van der Waals surface area contributed by atoms with E-state index < -0.39 is 0 Å². The molecule has 0 saturated heterocycles. The molecule has 0 spiro atoms. The van der Waals surface area contributed by atoms with Crippen LogP contribution in [0.1, 0.15) is 23.3 Å². The van der Waals surface area contributed by atoms with Crippen LogP contribution in [0.15, 0.2) is 48.5 Å². The summed E-state index contributed by atoms with van der Waals surface area (Å²) in [7, 11) is 5.05. The van der Waals surface area contributed by atoms with Crippen molar-refractivity contribution in [3.63, 3.8) is 0 Å².